The van der Waals surface area contributed by atoms with Crippen LogP contribution in [-0.2, 0) is 6.54 Å². The molecule has 1 heterocycles. The minimum absolute atomic E-state index is 0.318. The van der Waals surface area contributed by atoms with Crippen molar-refractivity contribution in [1.82, 2.24) is 10.1 Å². The highest BCUT2D eigenvalue weighted by Crippen LogP contribution is 2.16. The number of rotatable bonds is 3. The standard InChI is InChI=1S/C14H11BrN4O/c15-11-6-7-12-13(8-11)19(20)18-14(17-12)16-9-10-4-2-1-3-5-10/h1-8H,9H2,(H,16,17,18). The minimum atomic E-state index is 0.318. The maximum atomic E-state index is 11.9. The first-order chi connectivity index (χ1) is 9.72. The Balaban J connectivity index is 1.87. The van der Waals surface area contributed by atoms with E-state index in [4.69, 9.17) is 0 Å². The van der Waals surface area contributed by atoms with Gasteiger partial charge in [-0.1, -0.05) is 46.3 Å². The molecule has 0 unspecified atom stereocenters. The van der Waals surface area contributed by atoms with E-state index >= 15 is 0 Å². The Bertz CT molecular complexity index is 749. The van der Waals surface area contributed by atoms with E-state index in [0.717, 1.165) is 10.0 Å². The molecule has 0 saturated heterocycles. The first-order valence-electron chi connectivity index (χ1n) is 6.07. The summed E-state index contributed by atoms with van der Waals surface area (Å²) >= 11 is 3.32. The molecule has 0 amide bonds. The van der Waals surface area contributed by atoms with Gasteiger partial charge in [-0.05, 0) is 22.5 Å². The van der Waals surface area contributed by atoms with Crippen molar-refractivity contribution in [2.24, 2.45) is 0 Å². The van der Waals surface area contributed by atoms with Gasteiger partial charge in [-0.3, -0.25) is 0 Å². The molecule has 0 radical (unpaired) electrons. The zero-order chi connectivity index (χ0) is 13.9. The second-order valence-corrected chi connectivity index (χ2v) is 5.20. The van der Waals surface area contributed by atoms with Crippen molar-refractivity contribution in [3.05, 3.63) is 63.8 Å². The second-order valence-electron chi connectivity index (χ2n) is 4.28. The molecule has 0 aliphatic heterocycles. The fraction of sp³-hybridized carbons (Fsp3) is 0.0714. The second kappa shape index (κ2) is 5.42. The lowest BCUT2D eigenvalue weighted by Crippen LogP contribution is -2.33. The number of fused-ring (bicyclic) bond motifs is 1. The van der Waals surface area contributed by atoms with Crippen LogP contribution in [0.4, 0.5) is 5.95 Å². The third-order valence-electron chi connectivity index (χ3n) is 2.85. The lowest BCUT2D eigenvalue weighted by atomic mass is 10.2. The maximum Gasteiger partial charge on any atom is 0.290 e. The van der Waals surface area contributed by atoms with Gasteiger partial charge >= 0.3 is 0 Å². The van der Waals surface area contributed by atoms with Crippen molar-refractivity contribution in [2.75, 3.05) is 5.32 Å². The summed E-state index contributed by atoms with van der Waals surface area (Å²) in [4.78, 5) is 4.91. The van der Waals surface area contributed by atoms with Crippen LogP contribution in [0.25, 0.3) is 11.0 Å². The van der Waals surface area contributed by atoms with Crippen molar-refractivity contribution in [1.29, 1.82) is 0 Å². The Labute approximate surface area is 124 Å². The van der Waals surface area contributed by atoms with Gasteiger partial charge in [-0.15, -0.1) is 0 Å². The van der Waals surface area contributed by atoms with E-state index < -0.39 is 0 Å². The van der Waals surface area contributed by atoms with Crippen LogP contribution in [0.5, 0.6) is 0 Å². The lowest BCUT2D eigenvalue weighted by Gasteiger charge is -2.05. The molecule has 2 aromatic carbocycles. The molecule has 0 saturated carbocycles. The molecule has 0 bridgehead atoms. The molecule has 3 rings (SSSR count). The Morgan fingerprint density at radius 1 is 1.15 bits per heavy atom. The molecular formula is C14H11BrN4O. The Hall–Kier alpha value is -2.21. The van der Waals surface area contributed by atoms with E-state index in [9.17, 15) is 5.21 Å². The predicted molar refractivity (Wildman–Crippen MR) is 80.0 cm³/mol. The number of nitrogens with one attached hydrogen (secondary N) is 1. The number of aromatic nitrogens is 3. The van der Waals surface area contributed by atoms with Crippen LogP contribution < -0.4 is 10.2 Å². The number of halogens is 1. The van der Waals surface area contributed by atoms with E-state index in [2.05, 4.69) is 31.3 Å². The minimum Gasteiger partial charge on any atom is -0.594 e. The summed E-state index contributed by atoms with van der Waals surface area (Å²) in [6.07, 6.45) is 0. The molecule has 3 aromatic rings. The maximum absolute atomic E-state index is 11.9. The molecule has 0 atom stereocenters. The summed E-state index contributed by atoms with van der Waals surface area (Å²) in [5.74, 6) is 0.318. The molecule has 0 aliphatic carbocycles. The van der Waals surface area contributed by atoms with Gasteiger partial charge in [0.1, 0.15) is 5.52 Å². The SMILES string of the molecule is [O-][n+]1nc(NCc2ccccc2)nc2ccc(Br)cc21. The van der Waals surface area contributed by atoms with Crippen molar-refractivity contribution < 1.29 is 4.85 Å². The number of hydrogen-bond donors (Lipinski definition) is 1. The van der Waals surface area contributed by atoms with Gasteiger partial charge in [0, 0.05) is 17.1 Å². The molecule has 0 fully saturated rings. The predicted octanol–water partition coefficient (Wildman–Crippen LogP) is 2.64. The van der Waals surface area contributed by atoms with Crippen LogP contribution in [0.2, 0.25) is 0 Å². The zero-order valence-corrected chi connectivity index (χ0v) is 12.0. The van der Waals surface area contributed by atoms with Crippen molar-refractivity contribution >= 4 is 32.9 Å². The highest BCUT2D eigenvalue weighted by molar-refractivity contribution is 9.10. The average Bonchev–Trinajstić information content (AvgIpc) is 2.47. The monoisotopic (exact) mass is 330 g/mol. The molecular weight excluding hydrogens is 320 g/mol. The van der Waals surface area contributed by atoms with E-state index in [1.54, 1.807) is 12.1 Å². The van der Waals surface area contributed by atoms with Gasteiger partial charge in [-0.2, -0.15) is 0 Å². The van der Waals surface area contributed by atoms with E-state index in [1.165, 1.54) is 0 Å². The summed E-state index contributed by atoms with van der Waals surface area (Å²) in [6, 6.07) is 15.2. The summed E-state index contributed by atoms with van der Waals surface area (Å²) < 4.78 is 0.822. The van der Waals surface area contributed by atoms with Gasteiger partial charge in [0.25, 0.3) is 11.5 Å². The number of benzene rings is 2. The molecule has 6 heteroatoms. The zero-order valence-electron chi connectivity index (χ0n) is 10.5. The van der Waals surface area contributed by atoms with Crippen molar-refractivity contribution in [3.63, 3.8) is 0 Å². The average molecular weight is 331 g/mol. The van der Waals surface area contributed by atoms with Crippen LogP contribution in [0.1, 0.15) is 5.56 Å². The molecule has 100 valence electrons. The molecule has 5 nitrogen and oxygen atoms in total. The number of hydrogen-bond acceptors (Lipinski definition) is 4. The fourth-order valence-electron chi connectivity index (χ4n) is 1.87. The van der Waals surface area contributed by atoms with Gasteiger partial charge in [-0.25, -0.2) is 4.98 Å². The van der Waals surface area contributed by atoms with Gasteiger partial charge in [0.05, 0.1) is 5.10 Å². The summed E-state index contributed by atoms with van der Waals surface area (Å²) in [5.41, 5.74) is 2.14. The highest BCUT2D eigenvalue weighted by atomic mass is 79.9. The largest absolute Gasteiger partial charge is 0.594 e. The summed E-state index contributed by atoms with van der Waals surface area (Å²) in [5, 5.41) is 18.8. The summed E-state index contributed by atoms with van der Waals surface area (Å²) in [7, 11) is 0. The fourth-order valence-corrected chi connectivity index (χ4v) is 2.22. The Kier molecular flexibility index (Phi) is 3.47. The molecule has 20 heavy (non-hydrogen) atoms. The quantitative estimate of drug-likeness (QED) is 0.592. The van der Waals surface area contributed by atoms with E-state index in [-0.39, 0.29) is 0 Å². The Morgan fingerprint density at radius 2 is 1.95 bits per heavy atom. The smallest absolute Gasteiger partial charge is 0.290 e. The van der Waals surface area contributed by atoms with Gasteiger partial charge in [0.15, 0.2) is 0 Å². The van der Waals surface area contributed by atoms with E-state index in [1.807, 2.05) is 36.4 Å². The third kappa shape index (κ3) is 2.70. The molecule has 0 spiro atoms. The molecule has 1 N–H and O–H groups in total. The van der Waals surface area contributed by atoms with E-state index in [0.29, 0.717) is 28.4 Å². The molecule has 1 aromatic heterocycles. The van der Waals surface area contributed by atoms with Gasteiger partial charge < -0.3 is 10.5 Å². The van der Waals surface area contributed by atoms with Crippen LogP contribution in [-0.4, -0.2) is 10.1 Å². The van der Waals surface area contributed by atoms with Crippen LogP contribution in [0.3, 0.4) is 0 Å². The lowest BCUT2D eigenvalue weighted by molar-refractivity contribution is -0.641. The van der Waals surface area contributed by atoms with Crippen molar-refractivity contribution in [3.8, 4) is 0 Å². The van der Waals surface area contributed by atoms with Crippen LogP contribution >= 0.6 is 15.9 Å². The van der Waals surface area contributed by atoms with Gasteiger partial charge in [0.2, 0.25) is 0 Å². The Morgan fingerprint density at radius 3 is 2.75 bits per heavy atom. The van der Waals surface area contributed by atoms with Crippen LogP contribution in [0, 0.1) is 5.21 Å². The first kappa shape index (κ1) is 12.8. The number of nitrogens with zero attached hydrogens (tertiary/aromatic N) is 3. The highest BCUT2D eigenvalue weighted by Gasteiger charge is 2.10. The van der Waals surface area contributed by atoms with Crippen molar-refractivity contribution in [2.45, 2.75) is 6.54 Å². The topological polar surface area (TPSA) is 64.8 Å². The molecule has 0 aliphatic rings. The number of anilines is 1. The normalized spacial score (nSPS) is 10.7. The van der Waals surface area contributed by atoms with Crippen LogP contribution in [0.15, 0.2) is 53.0 Å². The third-order valence-corrected chi connectivity index (χ3v) is 3.34. The summed E-state index contributed by atoms with van der Waals surface area (Å²) in [6.45, 7) is 0.572. The first-order valence-corrected chi connectivity index (χ1v) is 6.86.